The fourth-order valence-electron chi connectivity index (χ4n) is 5.78. The first kappa shape index (κ1) is 13.3. The molecular formula is C18H27N3. The fourth-order valence-corrected chi connectivity index (χ4v) is 5.78. The molecule has 1 unspecified atom stereocenters. The Kier molecular flexibility index (Phi) is 2.88. The molecule has 3 heteroatoms. The van der Waals surface area contributed by atoms with Crippen LogP contribution in [-0.4, -0.2) is 6.04 Å². The van der Waals surface area contributed by atoms with Crippen molar-refractivity contribution >= 4 is 17.1 Å². The lowest BCUT2D eigenvalue weighted by Gasteiger charge is -2.59. The molecule has 1 atom stereocenters. The molecule has 0 heterocycles. The van der Waals surface area contributed by atoms with Gasteiger partial charge in [0, 0.05) is 11.7 Å². The third-order valence-corrected chi connectivity index (χ3v) is 6.47. The maximum atomic E-state index is 5.94. The summed E-state index contributed by atoms with van der Waals surface area (Å²) in [6.45, 7) is 2.37. The standard InChI is InChI=1S/C18H27N3/c1-11(21-15-2-3-16(19)17(20)7-15)18-8-12-4-13(9-18)6-14(5-12)10-18/h2-3,7,11-14,21H,4-6,8-10,19-20H2,1H3. The second kappa shape index (κ2) is 4.56. The van der Waals surface area contributed by atoms with Gasteiger partial charge in [-0.2, -0.15) is 0 Å². The van der Waals surface area contributed by atoms with E-state index >= 15 is 0 Å². The van der Waals surface area contributed by atoms with Gasteiger partial charge in [0.2, 0.25) is 0 Å². The number of anilines is 3. The van der Waals surface area contributed by atoms with Crippen LogP contribution < -0.4 is 16.8 Å². The van der Waals surface area contributed by atoms with E-state index in [1.54, 1.807) is 0 Å². The summed E-state index contributed by atoms with van der Waals surface area (Å²) < 4.78 is 0. The molecule has 1 aromatic carbocycles. The summed E-state index contributed by atoms with van der Waals surface area (Å²) >= 11 is 0. The number of hydrogen-bond donors (Lipinski definition) is 3. The van der Waals surface area contributed by atoms with Gasteiger partial charge >= 0.3 is 0 Å². The maximum absolute atomic E-state index is 5.94. The van der Waals surface area contributed by atoms with Gasteiger partial charge in [-0.3, -0.25) is 0 Å². The third kappa shape index (κ3) is 2.18. The third-order valence-electron chi connectivity index (χ3n) is 6.47. The Hall–Kier alpha value is -1.38. The second-order valence-electron chi connectivity index (χ2n) is 7.99. The van der Waals surface area contributed by atoms with E-state index in [9.17, 15) is 0 Å². The van der Waals surface area contributed by atoms with Gasteiger partial charge in [0.15, 0.2) is 0 Å². The number of nitrogens with one attached hydrogen (secondary N) is 1. The van der Waals surface area contributed by atoms with Crippen LogP contribution in [0.4, 0.5) is 17.1 Å². The fraction of sp³-hybridized carbons (Fsp3) is 0.667. The summed E-state index contributed by atoms with van der Waals surface area (Å²) in [5.74, 6) is 2.99. The highest BCUT2D eigenvalue weighted by Gasteiger charge is 2.53. The summed E-state index contributed by atoms with van der Waals surface area (Å²) in [5, 5.41) is 3.73. The number of benzene rings is 1. The predicted molar refractivity (Wildman–Crippen MR) is 89.0 cm³/mol. The molecule has 4 saturated carbocycles. The van der Waals surface area contributed by atoms with Gasteiger partial charge in [-0.15, -0.1) is 0 Å². The molecule has 4 aliphatic rings. The van der Waals surface area contributed by atoms with Crippen LogP contribution in [0.25, 0.3) is 0 Å². The van der Waals surface area contributed by atoms with Crippen LogP contribution in [0.15, 0.2) is 18.2 Å². The van der Waals surface area contributed by atoms with Crippen molar-refractivity contribution in [3.05, 3.63) is 18.2 Å². The van der Waals surface area contributed by atoms with Crippen LogP contribution in [0.1, 0.15) is 45.4 Å². The molecule has 4 fully saturated rings. The van der Waals surface area contributed by atoms with E-state index in [0.29, 0.717) is 22.8 Å². The van der Waals surface area contributed by atoms with Gasteiger partial charge in [-0.25, -0.2) is 0 Å². The SMILES string of the molecule is CC(Nc1ccc(N)c(N)c1)C12CC3CC(CC(C3)C1)C2. The van der Waals surface area contributed by atoms with E-state index in [1.165, 1.54) is 38.5 Å². The first-order valence-electron chi connectivity index (χ1n) is 8.45. The summed E-state index contributed by atoms with van der Waals surface area (Å²) in [6.07, 6.45) is 8.79. The van der Waals surface area contributed by atoms with Crippen LogP contribution in [0.2, 0.25) is 0 Å². The first-order valence-corrected chi connectivity index (χ1v) is 8.45. The molecule has 0 aromatic heterocycles. The minimum absolute atomic E-state index is 0.519. The Balaban J connectivity index is 1.54. The first-order chi connectivity index (χ1) is 10.0. The van der Waals surface area contributed by atoms with Crippen molar-refractivity contribution in [1.29, 1.82) is 0 Å². The zero-order valence-corrected chi connectivity index (χ0v) is 12.9. The number of rotatable bonds is 3. The average molecular weight is 285 g/mol. The lowest BCUT2D eigenvalue weighted by Crippen LogP contribution is -2.52. The van der Waals surface area contributed by atoms with E-state index < -0.39 is 0 Å². The predicted octanol–water partition coefficient (Wildman–Crippen LogP) is 3.87. The van der Waals surface area contributed by atoms with Crippen LogP contribution >= 0.6 is 0 Å². The highest BCUT2D eigenvalue weighted by molar-refractivity contribution is 5.69. The van der Waals surface area contributed by atoms with Crippen LogP contribution in [0, 0.1) is 23.2 Å². The maximum Gasteiger partial charge on any atom is 0.0568 e. The molecule has 114 valence electrons. The van der Waals surface area contributed by atoms with Gasteiger partial charge in [-0.05, 0) is 86.8 Å². The smallest absolute Gasteiger partial charge is 0.0568 e. The lowest BCUT2D eigenvalue weighted by atomic mass is 9.48. The number of nitrogen functional groups attached to an aromatic ring is 2. The minimum atomic E-state index is 0.519. The van der Waals surface area contributed by atoms with Gasteiger partial charge in [-0.1, -0.05) is 0 Å². The summed E-state index contributed by atoms with van der Waals surface area (Å²) in [4.78, 5) is 0. The molecule has 21 heavy (non-hydrogen) atoms. The number of nitrogens with two attached hydrogens (primary N) is 2. The molecule has 5 rings (SSSR count). The van der Waals surface area contributed by atoms with Crippen molar-refractivity contribution in [3.63, 3.8) is 0 Å². The van der Waals surface area contributed by atoms with Crippen molar-refractivity contribution < 1.29 is 0 Å². The van der Waals surface area contributed by atoms with Crippen molar-refractivity contribution in [2.45, 2.75) is 51.5 Å². The molecular weight excluding hydrogens is 258 g/mol. The summed E-state index contributed by atoms with van der Waals surface area (Å²) in [6, 6.07) is 6.47. The quantitative estimate of drug-likeness (QED) is 0.739. The zero-order valence-electron chi connectivity index (χ0n) is 12.9. The molecule has 0 aliphatic heterocycles. The molecule has 0 amide bonds. The van der Waals surface area contributed by atoms with E-state index in [4.69, 9.17) is 11.5 Å². The van der Waals surface area contributed by atoms with Gasteiger partial charge in [0.05, 0.1) is 11.4 Å². The molecule has 0 radical (unpaired) electrons. The van der Waals surface area contributed by atoms with Crippen molar-refractivity contribution in [1.82, 2.24) is 0 Å². The Morgan fingerprint density at radius 2 is 1.57 bits per heavy atom. The average Bonchev–Trinajstić information content (AvgIpc) is 2.41. The largest absolute Gasteiger partial charge is 0.397 e. The van der Waals surface area contributed by atoms with Gasteiger partial charge < -0.3 is 16.8 Å². The number of hydrogen-bond acceptors (Lipinski definition) is 3. The second-order valence-corrected chi connectivity index (χ2v) is 7.99. The normalized spacial score (nSPS) is 38.4. The van der Waals surface area contributed by atoms with Crippen molar-refractivity contribution in [2.24, 2.45) is 23.2 Å². The molecule has 4 bridgehead atoms. The highest BCUT2D eigenvalue weighted by atomic mass is 14.9. The Morgan fingerprint density at radius 3 is 2.10 bits per heavy atom. The molecule has 0 spiro atoms. The van der Waals surface area contributed by atoms with Gasteiger partial charge in [0.1, 0.15) is 0 Å². The Labute approximate surface area is 127 Å². The zero-order chi connectivity index (χ0) is 14.6. The van der Waals surface area contributed by atoms with E-state index in [0.717, 1.165) is 23.4 Å². The summed E-state index contributed by atoms with van der Waals surface area (Å²) in [7, 11) is 0. The Bertz CT molecular complexity index is 516. The molecule has 4 aliphatic carbocycles. The van der Waals surface area contributed by atoms with Gasteiger partial charge in [0.25, 0.3) is 0 Å². The van der Waals surface area contributed by atoms with E-state index in [1.807, 2.05) is 12.1 Å². The van der Waals surface area contributed by atoms with E-state index in [-0.39, 0.29) is 0 Å². The monoisotopic (exact) mass is 285 g/mol. The minimum Gasteiger partial charge on any atom is -0.397 e. The van der Waals surface area contributed by atoms with Crippen molar-refractivity contribution in [3.8, 4) is 0 Å². The topological polar surface area (TPSA) is 64.1 Å². The van der Waals surface area contributed by atoms with Crippen molar-refractivity contribution in [2.75, 3.05) is 16.8 Å². The highest BCUT2D eigenvalue weighted by Crippen LogP contribution is 2.61. The van der Waals surface area contributed by atoms with Crippen LogP contribution in [0.3, 0.4) is 0 Å². The molecule has 5 N–H and O–H groups in total. The molecule has 3 nitrogen and oxygen atoms in total. The lowest BCUT2D eigenvalue weighted by molar-refractivity contribution is -0.0602. The van der Waals surface area contributed by atoms with Crippen LogP contribution in [0.5, 0.6) is 0 Å². The molecule has 1 aromatic rings. The Morgan fingerprint density at radius 1 is 1.00 bits per heavy atom. The molecule has 0 saturated heterocycles. The van der Waals surface area contributed by atoms with Crippen LogP contribution in [-0.2, 0) is 0 Å². The summed E-state index contributed by atoms with van der Waals surface area (Å²) in [5.41, 5.74) is 14.7. The van der Waals surface area contributed by atoms with E-state index in [2.05, 4.69) is 18.3 Å².